The highest BCUT2D eigenvalue weighted by molar-refractivity contribution is 5.33. The number of aromatic nitrogens is 1. The number of pyridine rings is 1. The predicted molar refractivity (Wildman–Crippen MR) is 61.4 cm³/mol. The smallest absolute Gasteiger partial charge is 0.166 e. The summed E-state index contributed by atoms with van der Waals surface area (Å²) in [6.45, 7) is 1.67. The first-order chi connectivity index (χ1) is 8.19. The van der Waals surface area contributed by atoms with Crippen LogP contribution in [0.15, 0.2) is 36.5 Å². The first kappa shape index (κ1) is 11.5. The predicted octanol–water partition coefficient (Wildman–Crippen LogP) is 2.81. The van der Waals surface area contributed by atoms with E-state index >= 15 is 0 Å². The van der Waals surface area contributed by atoms with Crippen LogP contribution in [0.3, 0.4) is 0 Å². The van der Waals surface area contributed by atoms with Crippen molar-refractivity contribution in [1.29, 1.82) is 0 Å². The lowest BCUT2D eigenvalue weighted by Gasteiger charge is -2.07. The van der Waals surface area contributed by atoms with Crippen molar-refractivity contribution in [2.24, 2.45) is 0 Å². The zero-order chi connectivity index (χ0) is 12.3. The van der Waals surface area contributed by atoms with E-state index in [0.717, 1.165) is 5.69 Å². The van der Waals surface area contributed by atoms with E-state index in [1.807, 2.05) is 6.92 Å². The van der Waals surface area contributed by atoms with Gasteiger partial charge < -0.3 is 9.84 Å². The van der Waals surface area contributed by atoms with Gasteiger partial charge in [0.1, 0.15) is 5.75 Å². The Bertz CT molecular complexity index is 511. The number of hydrogen-bond acceptors (Lipinski definition) is 3. The first-order valence-electron chi connectivity index (χ1n) is 5.19. The highest BCUT2D eigenvalue weighted by atomic mass is 19.1. The van der Waals surface area contributed by atoms with Gasteiger partial charge in [-0.05, 0) is 36.8 Å². The molecule has 0 aliphatic carbocycles. The van der Waals surface area contributed by atoms with Crippen LogP contribution < -0.4 is 4.74 Å². The van der Waals surface area contributed by atoms with Crippen LogP contribution in [0.5, 0.6) is 11.5 Å². The molecule has 0 amide bonds. The molecule has 0 radical (unpaired) electrons. The van der Waals surface area contributed by atoms with E-state index in [1.54, 1.807) is 18.2 Å². The molecule has 0 aliphatic rings. The Morgan fingerprint density at radius 1 is 1.29 bits per heavy atom. The summed E-state index contributed by atoms with van der Waals surface area (Å²) in [5.41, 5.74) is 1.38. The van der Waals surface area contributed by atoms with Crippen LogP contribution >= 0.6 is 0 Å². The average molecular weight is 233 g/mol. The summed E-state index contributed by atoms with van der Waals surface area (Å²) in [6.07, 6.45) is 1.54. The van der Waals surface area contributed by atoms with Gasteiger partial charge in [-0.3, -0.25) is 4.98 Å². The van der Waals surface area contributed by atoms with E-state index in [9.17, 15) is 4.39 Å². The average Bonchev–Trinajstić information content (AvgIpc) is 2.34. The van der Waals surface area contributed by atoms with Crippen molar-refractivity contribution >= 4 is 0 Å². The Hall–Kier alpha value is -1.94. The lowest BCUT2D eigenvalue weighted by atomic mass is 10.2. The number of rotatable bonds is 3. The molecule has 0 unspecified atom stereocenters. The maximum Gasteiger partial charge on any atom is 0.166 e. The van der Waals surface area contributed by atoms with Gasteiger partial charge in [0, 0.05) is 5.69 Å². The van der Waals surface area contributed by atoms with Crippen LogP contribution in [0.1, 0.15) is 11.3 Å². The number of aryl methyl sites for hydroxylation is 1. The molecule has 3 nitrogen and oxygen atoms in total. The van der Waals surface area contributed by atoms with Crippen molar-refractivity contribution in [2.75, 3.05) is 0 Å². The van der Waals surface area contributed by atoms with E-state index in [4.69, 9.17) is 9.84 Å². The second-order valence-corrected chi connectivity index (χ2v) is 3.66. The second-order valence-electron chi connectivity index (χ2n) is 3.66. The van der Waals surface area contributed by atoms with Gasteiger partial charge in [0.2, 0.25) is 0 Å². The molecule has 0 saturated carbocycles. The zero-order valence-electron chi connectivity index (χ0n) is 9.35. The van der Waals surface area contributed by atoms with Crippen molar-refractivity contribution in [1.82, 2.24) is 4.98 Å². The molecule has 4 heteroatoms. The minimum absolute atomic E-state index is 0.118. The van der Waals surface area contributed by atoms with Crippen molar-refractivity contribution in [3.63, 3.8) is 0 Å². The number of nitrogens with zero attached hydrogens (tertiary/aromatic N) is 1. The lowest BCUT2D eigenvalue weighted by Crippen LogP contribution is -1.92. The van der Waals surface area contributed by atoms with Crippen molar-refractivity contribution in [3.8, 4) is 11.5 Å². The fourth-order valence-electron chi connectivity index (χ4n) is 1.37. The Labute approximate surface area is 98.5 Å². The molecule has 0 saturated heterocycles. The van der Waals surface area contributed by atoms with Gasteiger partial charge in [0.15, 0.2) is 11.6 Å². The zero-order valence-corrected chi connectivity index (χ0v) is 9.35. The molecular formula is C13H12FNO2. The monoisotopic (exact) mass is 233 g/mol. The Morgan fingerprint density at radius 2 is 2.12 bits per heavy atom. The van der Waals surface area contributed by atoms with Crippen molar-refractivity contribution in [3.05, 3.63) is 53.6 Å². The molecule has 0 aliphatic heterocycles. The molecule has 1 aromatic heterocycles. The standard InChI is InChI=1S/C13H12FNO2/c1-9-2-4-11(7-15-9)17-13-5-3-10(8-16)6-12(13)14/h2-7,16H,8H2,1H3. The van der Waals surface area contributed by atoms with Gasteiger partial charge in [-0.2, -0.15) is 0 Å². The van der Waals surface area contributed by atoms with Gasteiger partial charge in [-0.15, -0.1) is 0 Å². The van der Waals surface area contributed by atoms with E-state index in [1.165, 1.54) is 18.3 Å². The van der Waals surface area contributed by atoms with Gasteiger partial charge in [-0.25, -0.2) is 4.39 Å². The molecule has 1 heterocycles. The third-order valence-electron chi connectivity index (χ3n) is 2.29. The van der Waals surface area contributed by atoms with Crippen molar-refractivity contribution in [2.45, 2.75) is 13.5 Å². The lowest BCUT2D eigenvalue weighted by molar-refractivity contribution is 0.281. The second kappa shape index (κ2) is 4.93. The number of aliphatic hydroxyl groups is 1. The van der Waals surface area contributed by atoms with Crippen LogP contribution in [0.4, 0.5) is 4.39 Å². The summed E-state index contributed by atoms with van der Waals surface area (Å²) in [5.74, 6) is 0.0937. The molecular weight excluding hydrogens is 221 g/mol. The van der Waals surface area contributed by atoms with Crippen LogP contribution in [0, 0.1) is 12.7 Å². The maximum atomic E-state index is 13.5. The highest BCUT2D eigenvalue weighted by Crippen LogP contribution is 2.24. The van der Waals surface area contributed by atoms with Crippen LogP contribution in [0.25, 0.3) is 0 Å². The maximum absolute atomic E-state index is 13.5. The molecule has 88 valence electrons. The van der Waals surface area contributed by atoms with Crippen LogP contribution in [-0.4, -0.2) is 10.1 Å². The molecule has 0 bridgehead atoms. The molecule has 1 aromatic carbocycles. The minimum Gasteiger partial charge on any atom is -0.453 e. The summed E-state index contributed by atoms with van der Waals surface area (Å²) < 4.78 is 18.9. The van der Waals surface area contributed by atoms with E-state index in [0.29, 0.717) is 11.3 Å². The Morgan fingerprint density at radius 3 is 2.71 bits per heavy atom. The van der Waals surface area contributed by atoms with E-state index in [-0.39, 0.29) is 12.4 Å². The van der Waals surface area contributed by atoms with Gasteiger partial charge in [0.25, 0.3) is 0 Å². The largest absolute Gasteiger partial charge is 0.453 e. The molecule has 0 spiro atoms. The SMILES string of the molecule is Cc1ccc(Oc2ccc(CO)cc2F)cn1. The number of ether oxygens (including phenoxy) is 1. The number of aliphatic hydroxyl groups excluding tert-OH is 1. The molecule has 1 N–H and O–H groups in total. The molecule has 2 rings (SSSR count). The first-order valence-corrected chi connectivity index (χ1v) is 5.19. The highest BCUT2D eigenvalue weighted by Gasteiger charge is 2.05. The molecule has 0 atom stereocenters. The number of halogens is 1. The Kier molecular flexibility index (Phi) is 3.35. The van der Waals surface area contributed by atoms with E-state index in [2.05, 4.69) is 4.98 Å². The fourth-order valence-corrected chi connectivity index (χ4v) is 1.37. The Balaban J connectivity index is 2.21. The van der Waals surface area contributed by atoms with Gasteiger partial charge in [-0.1, -0.05) is 6.07 Å². The number of hydrogen-bond donors (Lipinski definition) is 1. The third-order valence-corrected chi connectivity index (χ3v) is 2.29. The summed E-state index contributed by atoms with van der Waals surface area (Å²) in [7, 11) is 0. The quantitative estimate of drug-likeness (QED) is 0.886. The molecule has 0 fully saturated rings. The van der Waals surface area contributed by atoms with Crippen molar-refractivity contribution < 1.29 is 14.2 Å². The summed E-state index contributed by atoms with van der Waals surface area (Å²) in [6, 6.07) is 7.86. The topological polar surface area (TPSA) is 42.4 Å². The summed E-state index contributed by atoms with van der Waals surface area (Å²) >= 11 is 0. The minimum atomic E-state index is -0.503. The summed E-state index contributed by atoms with van der Waals surface area (Å²) in [5, 5.41) is 8.86. The van der Waals surface area contributed by atoms with Crippen LogP contribution in [-0.2, 0) is 6.61 Å². The molecule has 2 aromatic rings. The third kappa shape index (κ3) is 2.79. The number of benzene rings is 1. The summed E-state index contributed by atoms with van der Waals surface area (Å²) in [4.78, 5) is 4.05. The van der Waals surface area contributed by atoms with Gasteiger partial charge >= 0.3 is 0 Å². The van der Waals surface area contributed by atoms with Crippen LogP contribution in [0.2, 0.25) is 0 Å². The van der Waals surface area contributed by atoms with Gasteiger partial charge in [0.05, 0.1) is 12.8 Å². The molecule has 17 heavy (non-hydrogen) atoms. The fraction of sp³-hybridized carbons (Fsp3) is 0.154. The normalized spacial score (nSPS) is 10.3. The van der Waals surface area contributed by atoms with E-state index < -0.39 is 5.82 Å².